The highest BCUT2D eigenvalue weighted by molar-refractivity contribution is 5.91. The molecule has 0 bridgehead atoms. The first-order valence-electron chi connectivity index (χ1n) is 8.95. The van der Waals surface area contributed by atoms with Gasteiger partial charge in [0.05, 0.1) is 0 Å². The van der Waals surface area contributed by atoms with Crippen LogP contribution in [0.15, 0.2) is 24.3 Å². The molecule has 0 fully saturated rings. The monoisotopic (exact) mass is 365 g/mol. The van der Waals surface area contributed by atoms with Gasteiger partial charge in [0, 0.05) is 13.3 Å². The zero-order valence-electron chi connectivity index (χ0n) is 15.4. The van der Waals surface area contributed by atoms with Gasteiger partial charge in [0.15, 0.2) is 0 Å². The Kier molecular flexibility index (Phi) is 9.33. The van der Waals surface area contributed by atoms with E-state index in [-0.39, 0.29) is 6.42 Å². The van der Waals surface area contributed by atoms with E-state index in [2.05, 4.69) is 17.6 Å². The number of nitrogens with one attached hydrogen (secondary N) is 2. The highest BCUT2D eigenvalue weighted by atomic mass is 19.1. The summed E-state index contributed by atoms with van der Waals surface area (Å²) in [6, 6.07) is 4.25. The Balaban J connectivity index is 2.78. The standard InChI is InChI=1S/C19H28FN3O3/c1-3-4-5-6-11-16(18(21)25)23-19(26)17(22-13(2)24)12-14-9-7-8-10-15(14)20/h7-10,16-17H,3-6,11-12H2,1-2H3,(H2,21,25)(H,22,24)(H,23,26)/t16-,17+/m1/s1. The molecule has 2 atom stereocenters. The van der Waals surface area contributed by atoms with Gasteiger partial charge in [0.25, 0.3) is 0 Å². The summed E-state index contributed by atoms with van der Waals surface area (Å²) >= 11 is 0. The fourth-order valence-electron chi connectivity index (χ4n) is 2.67. The third-order valence-corrected chi connectivity index (χ3v) is 4.08. The van der Waals surface area contributed by atoms with Crippen LogP contribution in [0.3, 0.4) is 0 Å². The van der Waals surface area contributed by atoms with Crippen molar-refractivity contribution < 1.29 is 18.8 Å². The van der Waals surface area contributed by atoms with Gasteiger partial charge in [-0.25, -0.2) is 4.39 Å². The van der Waals surface area contributed by atoms with Crippen LogP contribution in [0.1, 0.15) is 51.5 Å². The molecule has 0 heterocycles. The summed E-state index contributed by atoms with van der Waals surface area (Å²) in [7, 11) is 0. The number of hydrogen-bond donors (Lipinski definition) is 3. The second-order valence-corrected chi connectivity index (χ2v) is 6.36. The normalized spacial score (nSPS) is 12.9. The molecule has 0 aliphatic carbocycles. The Bertz CT molecular complexity index is 622. The van der Waals surface area contributed by atoms with Crippen molar-refractivity contribution in [2.75, 3.05) is 0 Å². The van der Waals surface area contributed by atoms with E-state index in [4.69, 9.17) is 5.73 Å². The van der Waals surface area contributed by atoms with Crippen LogP contribution in [-0.2, 0) is 20.8 Å². The van der Waals surface area contributed by atoms with Gasteiger partial charge in [-0.15, -0.1) is 0 Å². The van der Waals surface area contributed by atoms with Gasteiger partial charge in [-0.1, -0.05) is 50.8 Å². The zero-order chi connectivity index (χ0) is 19.5. The van der Waals surface area contributed by atoms with Crippen molar-refractivity contribution in [3.8, 4) is 0 Å². The van der Waals surface area contributed by atoms with Crippen LogP contribution in [-0.4, -0.2) is 29.8 Å². The second kappa shape index (κ2) is 11.2. The molecule has 0 saturated carbocycles. The smallest absolute Gasteiger partial charge is 0.243 e. The molecular weight excluding hydrogens is 337 g/mol. The number of amides is 3. The van der Waals surface area contributed by atoms with Crippen molar-refractivity contribution in [1.29, 1.82) is 0 Å². The summed E-state index contributed by atoms with van der Waals surface area (Å²) < 4.78 is 13.9. The van der Waals surface area contributed by atoms with Crippen molar-refractivity contribution in [3.63, 3.8) is 0 Å². The van der Waals surface area contributed by atoms with E-state index in [0.29, 0.717) is 12.0 Å². The molecule has 0 aromatic heterocycles. The maximum atomic E-state index is 13.9. The first-order chi connectivity index (χ1) is 12.3. The van der Waals surface area contributed by atoms with E-state index in [1.165, 1.54) is 13.0 Å². The zero-order valence-corrected chi connectivity index (χ0v) is 15.4. The van der Waals surface area contributed by atoms with Crippen LogP contribution in [0, 0.1) is 5.82 Å². The Morgan fingerprint density at radius 2 is 1.77 bits per heavy atom. The van der Waals surface area contributed by atoms with E-state index in [9.17, 15) is 18.8 Å². The van der Waals surface area contributed by atoms with E-state index in [0.717, 1.165) is 25.7 Å². The number of primary amides is 1. The van der Waals surface area contributed by atoms with Crippen LogP contribution in [0.25, 0.3) is 0 Å². The van der Waals surface area contributed by atoms with Crippen LogP contribution >= 0.6 is 0 Å². The Morgan fingerprint density at radius 1 is 1.08 bits per heavy atom. The lowest BCUT2D eigenvalue weighted by atomic mass is 10.0. The quantitative estimate of drug-likeness (QED) is 0.521. The maximum Gasteiger partial charge on any atom is 0.243 e. The summed E-state index contributed by atoms with van der Waals surface area (Å²) in [6.45, 7) is 3.35. The van der Waals surface area contributed by atoms with Crippen LogP contribution in [0.5, 0.6) is 0 Å². The SMILES string of the molecule is CCCCCC[C@@H](NC(=O)[C@H](Cc1ccccc1F)NC(C)=O)C(N)=O. The minimum Gasteiger partial charge on any atom is -0.368 e. The fraction of sp³-hybridized carbons (Fsp3) is 0.526. The minimum absolute atomic E-state index is 0.0145. The Hall–Kier alpha value is -2.44. The first-order valence-corrected chi connectivity index (χ1v) is 8.95. The number of benzene rings is 1. The third-order valence-electron chi connectivity index (χ3n) is 4.08. The lowest BCUT2D eigenvalue weighted by Crippen LogP contribution is -2.53. The van der Waals surface area contributed by atoms with Crippen LogP contribution in [0.2, 0.25) is 0 Å². The highest BCUT2D eigenvalue weighted by Crippen LogP contribution is 2.11. The maximum absolute atomic E-state index is 13.9. The Labute approximate surface area is 153 Å². The van der Waals surface area contributed by atoms with Gasteiger partial charge in [-0.05, 0) is 18.1 Å². The van der Waals surface area contributed by atoms with Gasteiger partial charge >= 0.3 is 0 Å². The summed E-state index contributed by atoms with van der Waals surface area (Å²) in [4.78, 5) is 35.6. The molecule has 0 aliphatic heterocycles. The van der Waals surface area contributed by atoms with Gasteiger partial charge in [-0.2, -0.15) is 0 Å². The van der Waals surface area contributed by atoms with Gasteiger partial charge in [-0.3, -0.25) is 14.4 Å². The van der Waals surface area contributed by atoms with Crippen molar-refractivity contribution in [3.05, 3.63) is 35.6 Å². The highest BCUT2D eigenvalue weighted by Gasteiger charge is 2.25. The molecule has 144 valence electrons. The molecular formula is C19H28FN3O3. The van der Waals surface area contributed by atoms with E-state index in [1.807, 2.05) is 0 Å². The number of carbonyl (C=O) groups excluding carboxylic acids is 3. The largest absolute Gasteiger partial charge is 0.368 e. The minimum atomic E-state index is -0.984. The lowest BCUT2D eigenvalue weighted by Gasteiger charge is -2.22. The molecule has 0 radical (unpaired) electrons. The molecule has 6 nitrogen and oxygen atoms in total. The summed E-state index contributed by atoms with van der Waals surface area (Å²) in [5.74, 6) is -2.05. The summed E-state index contributed by atoms with van der Waals surface area (Å²) in [5.41, 5.74) is 5.68. The molecule has 1 aromatic carbocycles. The van der Waals surface area contributed by atoms with Crippen LogP contribution < -0.4 is 16.4 Å². The predicted molar refractivity (Wildman–Crippen MR) is 97.6 cm³/mol. The molecule has 7 heteroatoms. The average Bonchev–Trinajstić information content (AvgIpc) is 2.58. The lowest BCUT2D eigenvalue weighted by molar-refractivity contribution is -0.131. The van der Waals surface area contributed by atoms with Crippen molar-refractivity contribution >= 4 is 17.7 Å². The fourth-order valence-corrected chi connectivity index (χ4v) is 2.67. The van der Waals surface area contributed by atoms with E-state index >= 15 is 0 Å². The van der Waals surface area contributed by atoms with E-state index < -0.39 is 35.6 Å². The van der Waals surface area contributed by atoms with Crippen molar-refractivity contribution in [1.82, 2.24) is 10.6 Å². The summed E-state index contributed by atoms with van der Waals surface area (Å²) in [6.07, 6.45) is 4.23. The van der Waals surface area contributed by atoms with Crippen molar-refractivity contribution in [2.24, 2.45) is 5.73 Å². The second-order valence-electron chi connectivity index (χ2n) is 6.36. The third kappa shape index (κ3) is 7.63. The van der Waals surface area contributed by atoms with Gasteiger partial charge < -0.3 is 16.4 Å². The van der Waals surface area contributed by atoms with Crippen LogP contribution in [0.4, 0.5) is 4.39 Å². The average molecular weight is 365 g/mol. The topological polar surface area (TPSA) is 101 Å². The molecule has 1 aromatic rings. The predicted octanol–water partition coefficient (Wildman–Crippen LogP) is 1.81. The number of hydrogen-bond acceptors (Lipinski definition) is 3. The molecule has 0 aliphatic rings. The van der Waals surface area contributed by atoms with Crippen molar-refractivity contribution in [2.45, 2.75) is 64.5 Å². The number of halogens is 1. The van der Waals surface area contributed by atoms with E-state index in [1.54, 1.807) is 18.2 Å². The van der Waals surface area contributed by atoms with Gasteiger partial charge in [0.2, 0.25) is 17.7 Å². The number of carbonyl (C=O) groups is 3. The molecule has 4 N–H and O–H groups in total. The Morgan fingerprint density at radius 3 is 2.35 bits per heavy atom. The summed E-state index contributed by atoms with van der Waals surface area (Å²) in [5, 5.41) is 5.09. The van der Waals surface area contributed by atoms with Gasteiger partial charge in [0.1, 0.15) is 17.9 Å². The molecule has 0 saturated heterocycles. The number of nitrogens with two attached hydrogens (primary N) is 1. The molecule has 26 heavy (non-hydrogen) atoms. The molecule has 0 spiro atoms. The molecule has 1 rings (SSSR count). The molecule has 3 amide bonds. The number of rotatable bonds is 11. The first kappa shape index (κ1) is 21.6. The number of unbranched alkanes of at least 4 members (excludes halogenated alkanes) is 3. The molecule has 0 unspecified atom stereocenters.